The molecule has 1 fully saturated rings. The van der Waals surface area contributed by atoms with Crippen LogP contribution in [0.15, 0.2) is 54.6 Å². The van der Waals surface area contributed by atoms with Gasteiger partial charge in [-0.1, -0.05) is 18.2 Å². The Bertz CT molecular complexity index is 854. The van der Waals surface area contributed by atoms with Gasteiger partial charge in [0.1, 0.15) is 5.75 Å². The van der Waals surface area contributed by atoms with Crippen LogP contribution in [-0.2, 0) is 9.59 Å². The average Bonchev–Trinajstić information content (AvgIpc) is 2.74. The van der Waals surface area contributed by atoms with Crippen molar-refractivity contribution in [2.24, 2.45) is 5.92 Å². The van der Waals surface area contributed by atoms with Crippen LogP contribution in [0.3, 0.4) is 0 Å². The molecule has 3 N–H and O–H groups in total. The van der Waals surface area contributed by atoms with Gasteiger partial charge in [0.2, 0.25) is 5.91 Å². The van der Waals surface area contributed by atoms with E-state index in [2.05, 4.69) is 10.6 Å². The van der Waals surface area contributed by atoms with E-state index < -0.39 is 12.6 Å². The first kappa shape index (κ1) is 20.2. The Hall–Kier alpha value is -3.55. The molecule has 8 heteroatoms. The third kappa shape index (κ3) is 5.97. The Labute approximate surface area is 168 Å². The minimum Gasteiger partial charge on any atom is -0.482 e. The van der Waals surface area contributed by atoms with E-state index >= 15 is 0 Å². The Balaban J connectivity index is 1.52. The lowest BCUT2D eigenvalue weighted by atomic mass is 9.97. The molecule has 0 saturated carbocycles. The van der Waals surface area contributed by atoms with Crippen molar-refractivity contribution in [1.29, 1.82) is 0 Å². The number of anilines is 2. The number of aliphatic carboxylic acids is 1. The number of benzene rings is 2. The zero-order chi connectivity index (χ0) is 20.6. The second kappa shape index (κ2) is 9.59. The number of carbonyl (C=O) groups is 3. The molecule has 1 saturated heterocycles. The number of carboxylic acid groups (broad SMARTS) is 1. The number of likely N-dealkylation sites (tertiary alicyclic amines) is 1. The molecule has 3 rings (SSSR count). The second-order valence-corrected chi connectivity index (χ2v) is 6.78. The van der Waals surface area contributed by atoms with Crippen LogP contribution in [0.2, 0.25) is 0 Å². The van der Waals surface area contributed by atoms with Gasteiger partial charge in [-0.15, -0.1) is 0 Å². The summed E-state index contributed by atoms with van der Waals surface area (Å²) in [6.45, 7) is 0.539. The number of ether oxygens (including phenoxy) is 1. The van der Waals surface area contributed by atoms with Crippen LogP contribution in [0.4, 0.5) is 16.2 Å². The lowest BCUT2D eigenvalue weighted by Crippen LogP contribution is -2.45. The number of piperidine rings is 1. The number of amides is 3. The van der Waals surface area contributed by atoms with Crippen molar-refractivity contribution in [2.75, 3.05) is 30.3 Å². The molecule has 0 aliphatic carbocycles. The smallest absolute Gasteiger partial charge is 0.341 e. The maximum Gasteiger partial charge on any atom is 0.341 e. The third-order valence-electron chi connectivity index (χ3n) is 4.59. The molecule has 1 atom stereocenters. The summed E-state index contributed by atoms with van der Waals surface area (Å²) < 4.78 is 5.07. The Morgan fingerprint density at radius 2 is 1.69 bits per heavy atom. The molecular formula is C21H23N3O5. The van der Waals surface area contributed by atoms with E-state index in [1.165, 1.54) is 0 Å². The highest BCUT2D eigenvalue weighted by Crippen LogP contribution is 2.21. The number of rotatable bonds is 6. The first-order valence-electron chi connectivity index (χ1n) is 9.38. The van der Waals surface area contributed by atoms with Gasteiger partial charge in [0.15, 0.2) is 6.61 Å². The van der Waals surface area contributed by atoms with Crippen molar-refractivity contribution in [3.63, 3.8) is 0 Å². The molecule has 1 aliphatic rings. The number of para-hydroxylation sites is 1. The molecule has 1 heterocycles. The van der Waals surface area contributed by atoms with Crippen molar-refractivity contribution in [3.05, 3.63) is 54.6 Å². The van der Waals surface area contributed by atoms with Gasteiger partial charge in [0.25, 0.3) is 0 Å². The standard InChI is InChI=1S/C21H23N3O5/c25-19(26)14-29-18-10-8-17(9-11-18)22-20(27)15-5-4-12-24(13-15)21(28)23-16-6-2-1-3-7-16/h1-3,6-11,15H,4-5,12-14H2,(H,22,27)(H,23,28)(H,25,26). The van der Waals surface area contributed by atoms with E-state index in [1.807, 2.05) is 30.3 Å². The first-order chi connectivity index (χ1) is 14.0. The Morgan fingerprint density at radius 1 is 1.00 bits per heavy atom. The van der Waals surface area contributed by atoms with Gasteiger partial charge in [-0.05, 0) is 49.2 Å². The van der Waals surface area contributed by atoms with Crippen molar-refractivity contribution < 1.29 is 24.2 Å². The van der Waals surface area contributed by atoms with E-state index in [0.29, 0.717) is 36.6 Å². The van der Waals surface area contributed by atoms with Crippen LogP contribution in [0.25, 0.3) is 0 Å². The normalized spacial score (nSPS) is 16.0. The summed E-state index contributed by atoms with van der Waals surface area (Å²) in [5, 5.41) is 14.3. The first-order valence-corrected chi connectivity index (χ1v) is 9.38. The fourth-order valence-corrected chi connectivity index (χ4v) is 3.12. The van der Waals surface area contributed by atoms with E-state index in [-0.39, 0.29) is 17.9 Å². The monoisotopic (exact) mass is 397 g/mol. The van der Waals surface area contributed by atoms with Gasteiger partial charge < -0.3 is 25.4 Å². The molecule has 0 bridgehead atoms. The number of hydrogen-bond donors (Lipinski definition) is 3. The second-order valence-electron chi connectivity index (χ2n) is 6.78. The zero-order valence-corrected chi connectivity index (χ0v) is 15.8. The Morgan fingerprint density at radius 3 is 2.38 bits per heavy atom. The SMILES string of the molecule is O=C(O)COc1ccc(NC(=O)C2CCCN(C(=O)Nc3ccccc3)C2)cc1. The van der Waals surface area contributed by atoms with E-state index in [1.54, 1.807) is 29.2 Å². The average molecular weight is 397 g/mol. The highest BCUT2D eigenvalue weighted by Gasteiger charge is 2.28. The number of nitrogens with zero attached hydrogens (tertiary/aromatic N) is 1. The summed E-state index contributed by atoms with van der Waals surface area (Å²) in [6.07, 6.45) is 1.46. The summed E-state index contributed by atoms with van der Waals surface area (Å²) in [4.78, 5) is 37.3. The predicted octanol–water partition coefficient (Wildman–Crippen LogP) is 3.03. The largest absolute Gasteiger partial charge is 0.482 e. The number of nitrogens with one attached hydrogen (secondary N) is 2. The number of urea groups is 1. The number of hydrogen-bond acceptors (Lipinski definition) is 4. The quantitative estimate of drug-likeness (QED) is 0.694. The van der Waals surface area contributed by atoms with Gasteiger partial charge in [0, 0.05) is 24.5 Å². The zero-order valence-electron chi connectivity index (χ0n) is 15.8. The highest BCUT2D eigenvalue weighted by molar-refractivity contribution is 5.94. The molecule has 2 aromatic rings. The van der Waals surface area contributed by atoms with Crippen molar-refractivity contribution in [3.8, 4) is 5.75 Å². The molecule has 29 heavy (non-hydrogen) atoms. The minimum atomic E-state index is -1.06. The summed E-state index contributed by atoms with van der Waals surface area (Å²) >= 11 is 0. The fraction of sp³-hybridized carbons (Fsp3) is 0.286. The van der Waals surface area contributed by atoms with Crippen molar-refractivity contribution in [1.82, 2.24) is 4.90 Å². The predicted molar refractivity (Wildman–Crippen MR) is 108 cm³/mol. The molecule has 1 aliphatic heterocycles. The van der Waals surface area contributed by atoms with Crippen LogP contribution in [-0.4, -0.2) is 47.6 Å². The van der Waals surface area contributed by atoms with Crippen LogP contribution in [0.1, 0.15) is 12.8 Å². The molecule has 0 aromatic heterocycles. The number of carboxylic acids is 1. The Kier molecular flexibility index (Phi) is 6.67. The van der Waals surface area contributed by atoms with Crippen LogP contribution in [0, 0.1) is 5.92 Å². The van der Waals surface area contributed by atoms with Crippen LogP contribution < -0.4 is 15.4 Å². The molecule has 152 valence electrons. The van der Waals surface area contributed by atoms with E-state index in [0.717, 1.165) is 6.42 Å². The minimum absolute atomic E-state index is 0.151. The van der Waals surface area contributed by atoms with Gasteiger partial charge in [0.05, 0.1) is 5.92 Å². The van der Waals surface area contributed by atoms with E-state index in [9.17, 15) is 14.4 Å². The van der Waals surface area contributed by atoms with Gasteiger partial charge in [-0.3, -0.25) is 4.79 Å². The van der Waals surface area contributed by atoms with Crippen LogP contribution in [0.5, 0.6) is 5.75 Å². The molecular weight excluding hydrogens is 374 g/mol. The van der Waals surface area contributed by atoms with E-state index in [4.69, 9.17) is 9.84 Å². The number of carbonyl (C=O) groups excluding carboxylic acids is 2. The maximum atomic E-state index is 12.6. The fourth-order valence-electron chi connectivity index (χ4n) is 3.12. The van der Waals surface area contributed by atoms with Crippen molar-refractivity contribution in [2.45, 2.75) is 12.8 Å². The molecule has 0 spiro atoms. The van der Waals surface area contributed by atoms with Gasteiger partial charge in [-0.25, -0.2) is 9.59 Å². The molecule has 0 radical (unpaired) electrons. The lowest BCUT2D eigenvalue weighted by Gasteiger charge is -2.32. The maximum absolute atomic E-state index is 12.6. The third-order valence-corrected chi connectivity index (χ3v) is 4.59. The molecule has 2 aromatic carbocycles. The topological polar surface area (TPSA) is 108 Å². The molecule has 1 unspecified atom stereocenters. The summed E-state index contributed by atoms with van der Waals surface area (Å²) in [6, 6.07) is 15.5. The lowest BCUT2D eigenvalue weighted by molar-refractivity contribution is -0.139. The summed E-state index contributed by atoms with van der Waals surface area (Å²) in [7, 11) is 0. The molecule has 8 nitrogen and oxygen atoms in total. The highest BCUT2D eigenvalue weighted by atomic mass is 16.5. The van der Waals surface area contributed by atoms with Gasteiger partial charge >= 0.3 is 12.0 Å². The summed E-state index contributed by atoms with van der Waals surface area (Å²) in [5.74, 6) is -1.10. The van der Waals surface area contributed by atoms with Gasteiger partial charge in [-0.2, -0.15) is 0 Å². The van der Waals surface area contributed by atoms with Crippen molar-refractivity contribution >= 4 is 29.3 Å². The van der Waals surface area contributed by atoms with Crippen LogP contribution >= 0.6 is 0 Å². The summed E-state index contributed by atoms with van der Waals surface area (Å²) in [5.41, 5.74) is 1.30. The molecule has 3 amide bonds.